The zero-order valence-corrected chi connectivity index (χ0v) is 8.77. The van der Waals surface area contributed by atoms with Gasteiger partial charge >= 0.3 is 0 Å². The standard InChI is InChI=1S/C9H13N5O/c1-7-11-3-4-14(7)6-9-12-8(5-10-2)13-15-9/h3-4,10H,5-6H2,1-2H3. The fraction of sp³-hybridized carbons (Fsp3) is 0.444. The van der Waals surface area contributed by atoms with Gasteiger partial charge < -0.3 is 14.4 Å². The molecule has 6 nitrogen and oxygen atoms in total. The Kier molecular flexibility index (Phi) is 2.77. The summed E-state index contributed by atoms with van der Waals surface area (Å²) >= 11 is 0. The van der Waals surface area contributed by atoms with Gasteiger partial charge in [-0.25, -0.2) is 4.98 Å². The zero-order valence-electron chi connectivity index (χ0n) is 8.77. The van der Waals surface area contributed by atoms with Crippen LogP contribution in [0.5, 0.6) is 0 Å². The maximum Gasteiger partial charge on any atom is 0.246 e. The highest BCUT2D eigenvalue weighted by molar-refractivity contribution is 4.94. The predicted molar refractivity (Wildman–Crippen MR) is 53.1 cm³/mol. The van der Waals surface area contributed by atoms with Crippen molar-refractivity contribution in [3.8, 4) is 0 Å². The number of nitrogens with zero attached hydrogens (tertiary/aromatic N) is 4. The van der Waals surface area contributed by atoms with Gasteiger partial charge in [0.1, 0.15) is 12.4 Å². The molecule has 0 saturated carbocycles. The van der Waals surface area contributed by atoms with Gasteiger partial charge in [-0.1, -0.05) is 5.16 Å². The molecule has 0 radical (unpaired) electrons. The molecule has 0 bridgehead atoms. The fourth-order valence-electron chi connectivity index (χ4n) is 1.30. The maximum absolute atomic E-state index is 5.10. The van der Waals surface area contributed by atoms with E-state index in [0.29, 0.717) is 24.8 Å². The minimum atomic E-state index is 0.572. The Hall–Kier alpha value is -1.69. The van der Waals surface area contributed by atoms with Crippen molar-refractivity contribution in [2.24, 2.45) is 0 Å². The van der Waals surface area contributed by atoms with E-state index in [-0.39, 0.29) is 0 Å². The summed E-state index contributed by atoms with van der Waals surface area (Å²) in [6.07, 6.45) is 3.64. The number of hydrogen-bond acceptors (Lipinski definition) is 5. The highest BCUT2D eigenvalue weighted by Gasteiger charge is 2.06. The molecule has 15 heavy (non-hydrogen) atoms. The average Bonchev–Trinajstić information content (AvgIpc) is 2.79. The summed E-state index contributed by atoms with van der Waals surface area (Å²) < 4.78 is 7.05. The van der Waals surface area contributed by atoms with Gasteiger partial charge in [-0.15, -0.1) is 0 Å². The fourth-order valence-corrected chi connectivity index (χ4v) is 1.30. The van der Waals surface area contributed by atoms with Crippen LogP contribution in [0.1, 0.15) is 17.5 Å². The van der Waals surface area contributed by atoms with Gasteiger partial charge in [0, 0.05) is 12.4 Å². The first-order valence-corrected chi connectivity index (χ1v) is 4.73. The van der Waals surface area contributed by atoms with Crippen LogP contribution in [0.3, 0.4) is 0 Å². The SMILES string of the molecule is CNCc1noc(Cn2ccnc2C)n1. The monoisotopic (exact) mass is 207 g/mol. The second-order valence-corrected chi connectivity index (χ2v) is 3.24. The highest BCUT2D eigenvalue weighted by Crippen LogP contribution is 2.03. The van der Waals surface area contributed by atoms with E-state index in [1.807, 2.05) is 24.7 Å². The highest BCUT2D eigenvalue weighted by atomic mass is 16.5. The number of aryl methyl sites for hydroxylation is 1. The van der Waals surface area contributed by atoms with Gasteiger partial charge in [0.05, 0.1) is 6.54 Å². The van der Waals surface area contributed by atoms with E-state index in [2.05, 4.69) is 20.4 Å². The van der Waals surface area contributed by atoms with Crippen LogP contribution in [0.25, 0.3) is 0 Å². The van der Waals surface area contributed by atoms with Crippen molar-refractivity contribution in [1.29, 1.82) is 0 Å². The van der Waals surface area contributed by atoms with E-state index in [4.69, 9.17) is 4.52 Å². The molecule has 2 rings (SSSR count). The summed E-state index contributed by atoms with van der Waals surface area (Å²) in [7, 11) is 1.84. The Morgan fingerprint density at radius 1 is 1.53 bits per heavy atom. The number of imidazole rings is 1. The lowest BCUT2D eigenvalue weighted by Gasteiger charge is -1.98. The van der Waals surface area contributed by atoms with Crippen molar-refractivity contribution in [1.82, 2.24) is 25.0 Å². The van der Waals surface area contributed by atoms with Crippen molar-refractivity contribution < 1.29 is 4.52 Å². The van der Waals surface area contributed by atoms with Crippen LogP contribution in [0.4, 0.5) is 0 Å². The topological polar surface area (TPSA) is 68.8 Å². The van der Waals surface area contributed by atoms with Crippen LogP contribution >= 0.6 is 0 Å². The quantitative estimate of drug-likeness (QED) is 0.783. The van der Waals surface area contributed by atoms with Gasteiger partial charge in [-0.05, 0) is 14.0 Å². The normalized spacial score (nSPS) is 10.8. The smallest absolute Gasteiger partial charge is 0.246 e. The van der Waals surface area contributed by atoms with Crippen LogP contribution in [-0.4, -0.2) is 26.7 Å². The molecule has 0 amide bonds. The second-order valence-electron chi connectivity index (χ2n) is 3.24. The first-order chi connectivity index (χ1) is 7.29. The molecule has 6 heteroatoms. The molecule has 0 atom stereocenters. The summed E-state index contributed by atoms with van der Waals surface area (Å²) in [4.78, 5) is 8.34. The van der Waals surface area contributed by atoms with Crippen molar-refractivity contribution in [3.05, 3.63) is 29.9 Å². The summed E-state index contributed by atoms with van der Waals surface area (Å²) in [5.74, 6) is 2.20. The lowest BCUT2D eigenvalue weighted by molar-refractivity contribution is 0.364. The average molecular weight is 207 g/mol. The number of aromatic nitrogens is 4. The van der Waals surface area contributed by atoms with Gasteiger partial charge in [-0.3, -0.25) is 0 Å². The van der Waals surface area contributed by atoms with E-state index < -0.39 is 0 Å². The third-order valence-electron chi connectivity index (χ3n) is 2.07. The van der Waals surface area contributed by atoms with Gasteiger partial charge in [0.15, 0.2) is 5.82 Å². The third kappa shape index (κ3) is 2.21. The molecule has 0 aliphatic carbocycles. The van der Waals surface area contributed by atoms with Crippen LogP contribution in [-0.2, 0) is 13.1 Å². The first kappa shape index (κ1) is 9.85. The summed E-state index contributed by atoms with van der Waals surface area (Å²) in [5, 5.41) is 6.80. The molecule has 0 spiro atoms. The van der Waals surface area contributed by atoms with Gasteiger partial charge in [-0.2, -0.15) is 4.98 Å². The molecule has 2 aromatic rings. The molecule has 2 aromatic heterocycles. The lowest BCUT2D eigenvalue weighted by Crippen LogP contribution is -2.07. The van der Waals surface area contributed by atoms with E-state index >= 15 is 0 Å². The predicted octanol–water partition coefficient (Wildman–Crippen LogP) is 0.342. The molecule has 0 aliphatic rings. The molecule has 0 aromatic carbocycles. The minimum Gasteiger partial charge on any atom is -0.337 e. The Balaban J connectivity index is 2.08. The van der Waals surface area contributed by atoms with Crippen molar-refractivity contribution in [2.45, 2.75) is 20.0 Å². The molecular weight excluding hydrogens is 194 g/mol. The minimum absolute atomic E-state index is 0.572. The first-order valence-electron chi connectivity index (χ1n) is 4.73. The van der Waals surface area contributed by atoms with E-state index in [9.17, 15) is 0 Å². The number of hydrogen-bond donors (Lipinski definition) is 1. The lowest BCUT2D eigenvalue weighted by atomic mass is 10.5. The summed E-state index contributed by atoms with van der Waals surface area (Å²) in [6, 6.07) is 0. The Bertz CT molecular complexity index is 433. The summed E-state index contributed by atoms with van der Waals surface area (Å²) in [5.41, 5.74) is 0. The molecule has 80 valence electrons. The number of nitrogens with one attached hydrogen (secondary N) is 1. The maximum atomic E-state index is 5.10. The van der Waals surface area contributed by atoms with Crippen molar-refractivity contribution in [2.75, 3.05) is 7.05 Å². The largest absolute Gasteiger partial charge is 0.337 e. The van der Waals surface area contributed by atoms with E-state index in [1.54, 1.807) is 6.20 Å². The van der Waals surface area contributed by atoms with Crippen LogP contribution in [0.15, 0.2) is 16.9 Å². The molecule has 2 heterocycles. The Labute approximate surface area is 87.3 Å². The van der Waals surface area contributed by atoms with Crippen molar-refractivity contribution >= 4 is 0 Å². The Morgan fingerprint density at radius 3 is 3.07 bits per heavy atom. The van der Waals surface area contributed by atoms with Crippen LogP contribution in [0.2, 0.25) is 0 Å². The van der Waals surface area contributed by atoms with Gasteiger partial charge in [0.25, 0.3) is 0 Å². The van der Waals surface area contributed by atoms with Crippen LogP contribution in [0, 0.1) is 6.92 Å². The number of rotatable bonds is 4. The van der Waals surface area contributed by atoms with E-state index in [0.717, 1.165) is 5.82 Å². The third-order valence-corrected chi connectivity index (χ3v) is 2.07. The molecular formula is C9H13N5O. The molecule has 0 aliphatic heterocycles. The van der Waals surface area contributed by atoms with Crippen LogP contribution < -0.4 is 5.32 Å². The molecule has 0 unspecified atom stereocenters. The molecule has 1 N–H and O–H groups in total. The second kappa shape index (κ2) is 4.22. The molecule has 0 saturated heterocycles. The van der Waals surface area contributed by atoms with Crippen molar-refractivity contribution in [3.63, 3.8) is 0 Å². The molecule has 0 fully saturated rings. The zero-order chi connectivity index (χ0) is 10.7. The summed E-state index contributed by atoms with van der Waals surface area (Å²) in [6.45, 7) is 3.12. The van der Waals surface area contributed by atoms with Gasteiger partial charge in [0.2, 0.25) is 5.89 Å². The van der Waals surface area contributed by atoms with E-state index in [1.165, 1.54) is 0 Å². The Morgan fingerprint density at radius 2 is 2.40 bits per heavy atom.